The van der Waals surface area contributed by atoms with E-state index in [1.165, 1.54) is 7.11 Å². The summed E-state index contributed by atoms with van der Waals surface area (Å²) in [5.74, 6) is -0.604. The molecule has 8 nitrogen and oxygen atoms in total. The lowest BCUT2D eigenvalue weighted by atomic mass is 10.2. The molecule has 0 saturated heterocycles. The smallest absolute Gasteiger partial charge is 0.273 e. The molecular formula is C11H13N4O4S-. The fourth-order valence-electron chi connectivity index (χ4n) is 1.32. The van der Waals surface area contributed by atoms with Crippen LogP contribution in [0.3, 0.4) is 0 Å². The van der Waals surface area contributed by atoms with Crippen molar-refractivity contribution in [3.63, 3.8) is 0 Å². The van der Waals surface area contributed by atoms with E-state index in [2.05, 4.69) is 15.8 Å². The number of non-ortho nitro benzene ring substituents is 1. The van der Waals surface area contributed by atoms with Crippen LogP contribution >= 0.6 is 12.2 Å². The van der Waals surface area contributed by atoms with Crippen molar-refractivity contribution < 1.29 is 14.8 Å². The molecule has 0 spiro atoms. The maximum Gasteiger partial charge on any atom is 0.273 e. The summed E-state index contributed by atoms with van der Waals surface area (Å²) in [6.07, 6.45) is 1.15. The number of nitro benzene ring substituents is 1. The molecule has 108 valence electrons. The normalized spacial score (nSPS) is 10.3. The summed E-state index contributed by atoms with van der Waals surface area (Å²) in [5, 5.41) is 29.4. The predicted octanol–water partition coefficient (Wildman–Crippen LogP) is 0.495. The fourth-order valence-corrected chi connectivity index (χ4v) is 1.52. The minimum atomic E-state index is -0.615. The minimum Gasteiger partial charge on any atom is -0.870 e. The summed E-state index contributed by atoms with van der Waals surface area (Å²) in [5.41, 5.74) is 2.26. The summed E-state index contributed by atoms with van der Waals surface area (Å²) in [4.78, 5) is 10.1. The molecule has 0 radical (unpaired) electrons. The van der Waals surface area contributed by atoms with E-state index >= 15 is 0 Å². The van der Waals surface area contributed by atoms with Gasteiger partial charge in [-0.3, -0.25) is 15.5 Å². The third kappa shape index (κ3) is 4.05. The lowest BCUT2D eigenvalue weighted by Gasteiger charge is -2.14. The first-order chi connectivity index (χ1) is 9.49. The number of rotatable bonds is 5. The van der Waals surface area contributed by atoms with Gasteiger partial charge in [0.15, 0.2) is 5.11 Å². The van der Waals surface area contributed by atoms with Gasteiger partial charge in [0.1, 0.15) is 5.75 Å². The molecule has 0 aromatic heterocycles. The van der Waals surface area contributed by atoms with Gasteiger partial charge in [-0.15, -0.1) is 0 Å². The Kier molecular flexibility index (Phi) is 5.66. The van der Waals surface area contributed by atoms with Crippen LogP contribution in [-0.2, 0) is 0 Å². The van der Waals surface area contributed by atoms with Crippen molar-refractivity contribution in [1.82, 2.24) is 10.7 Å². The van der Waals surface area contributed by atoms with Crippen molar-refractivity contribution in [1.29, 1.82) is 0 Å². The second-order valence-corrected chi connectivity index (χ2v) is 3.96. The predicted molar refractivity (Wildman–Crippen MR) is 76.1 cm³/mol. The second-order valence-electron chi connectivity index (χ2n) is 3.55. The molecule has 0 aliphatic carbocycles. The summed E-state index contributed by atoms with van der Waals surface area (Å²) < 4.78 is 4.81. The molecule has 0 unspecified atom stereocenters. The van der Waals surface area contributed by atoms with E-state index in [4.69, 9.17) is 17.0 Å². The van der Waals surface area contributed by atoms with Gasteiger partial charge in [-0.2, -0.15) is 5.10 Å². The Hall–Kier alpha value is -2.42. The lowest BCUT2D eigenvalue weighted by molar-refractivity contribution is -0.385. The number of nitro groups is 1. The van der Waals surface area contributed by atoms with Gasteiger partial charge in [0.2, 0.25) is 0 Å². The molecule has 0 fully saturated rings. The Morgan fingerprint density at radius 2 is 2.30 bits per heavy atom. The quantitative estimate of drug-likeness (QED) is 0.352. The molecule has 0 heterocycles. The number of hydrogen-bond donors (Lipinski definition) is 2. The Morgan fingerprint density at radius 3 is 2.85 bits per heavy atom. The fraction of sp³-hybridized carbons (Fsp3) is 0.273. The van der Waals surface area contributed by atoms with Crippen molar-refractivity contribution in [2.45, 2.75) is 6.92 Å². The standard InChI is InChI=1S/C11H14N4O4S/c1-3-12-11(20)14-13-6-7-4-8(15(17)18)5-9(19-2)10(7)16/h4-6,16H,3H2,1-2H3,(H2,12,14,20)/p-1/b13-6-. The van der Waals surface area contributed by atoms with Crippen LogP contribution in [0.15, 0.2) is 17.2 Å². The van der Waals surface area contributed by atoms with Gasteiger partial charge < -0.3 is 15.2 Å². The van der Waals surface area contributed by atoms with E-state index < -0.39 is 10.7 Å². The van der Waals surface area contributed by atoms with Crippen LogP contribution in [0.5, 0.6) is 11.5 Å². The number of hydrazone groups is 1. The van der Waals surface area contributed by atoms with Gasteiger partial charge in [0.05, 0.1) is 24.3 Å². The average Bonchev–Trinajstić information content (AvgIpc) is 2.40. The topological polar surface area (TPSA) is 112 Å². The molecule has 0 saturated carbocycles. The highest BCUT2D eigenvalue weighted by atomic mass is 32.1. The maximum atomic E-state index is 11.9. The molecule has 20 heavy (non-hydrogen) atoms. The SMILES string of the molecule is CCNC(=S)N/N=C\c1cc([N+](=O)[O-])cc(OC)c1[O-]. The first kappa shape index (κ1) is 15.6. The van der Waals surface area contributed by atoms with E-state index in [1.54, 1.807) is 0 Å². The first-order valence-corrected chi connectivity index (χ1v) is 6.00. The van der Waals surface area contributed by atoms with Crippen LogP contribution in [0.2, 0.25) is 0 Å². The molecule has 2 N–H and O–H groups in total. The highest BCUT2D eigenvalue weighted by molar-refractivity contribution is 7.80. The van der Waals surface area contributed by atoms with Crippen LogP contribution < -0.4 is 20.6 Å². The number of methoxy groups -OCH3 is 1. The van der Waals surface area contributed by atoms with E-state index in [0.717, 1.165) is 18.3 Å². The van der Waals surface area contributed by atoms with Crippen LogP contribution in [-0.4, -0.2) is 29.9 Å². The number of hydrogen-bond acceptors (Lipinski definition) is 6. The van der Waals surface area contributed by atoms with Crippen molar-refractivity contribution in [3.8, 4) is 11.5 Å². The summed E-state index contributed by atoms with van der Waals surface area (Å²) in [6, 6.07) is 2.18. The monoisotopic (exact) mass is 297 g/mol. The van der Waals surface area contributed by atoms with Gasteiger partial charge in [-0.1, -0.05) is 5.75 Å². The molecule has 0 aliphatic heterocycles. The molecule has 1 aromatic carbocycles. The molecule has 1 rings (SSSR count). The molecule has 0 aliphatic rings. The van der Waals surface area contributed by atoms with Crippen molar-refractivity contribution >= 4 is 29.2 Å². The number of ether oxygens (including phenoxy) is 1. The minimum absolute atomic E-state index is 0.0304. The van der Waals surface area contributed by atoms with Crippen molar-refractivity contribution in [3.05, 3.63) is 27.8 Å². The molecule has 1 aromatic rings. The zero-order valence-corrected chi connectivity index (χ0v) is 11.7. The zero-order chi connectivity index (χ0) is 15.1. The molecular weight excluding hydrogens is 284 g/mol. The maximum absolute atomic E-state index is 11.9. The molecule has 0 atom stereocenters. The molecule has 0 bridgehead atoms. The zero-order valence-electron chi connectivity index (χ0n) is 10.9. The molecule has 9 heteroatoms. The Morgan fingerprint density at radius 1 is 1.60 bits per heavy atom. The Labute approximate surface area is 120 Å². The van der Waals surface area contributed by atoms with Gasteiger partial charge in [-0.05, 0) is 24.7 Å². The van der Waals surface area contributed by atoms with E-state index in [9.17, 15) is 15.2 Å². The van der Waals surface area contributed by atoms with E-state index in [1.807, 2.05) is 6.92 Å². The Bertz CT molecular complexity index is 547. The molecule has 0 amide bonds. The number of nitrogens with zero attached hydrogens (tertiary/aromatic N) is 2. The van der Waals surface area contributed by atoms with Crippen LogP contribution in [0.1, 0.15) is 12.5 Å². The van der Waals surface area contributed by atoms with Crippen molar-refractivity contribution in [2.75, 3.05) is 13.7 Å². The van der Waals surface area contributed by atoms with Crippen molar-refractivity contribution in [2.24, 2.45) is 5.10 Å². The lowest BCUT2D eigenvalue weighted by Crippen LogP contribution is -2.31. The summed E-state index contributed by atoms with van der Waals surface area (Å²) >= 11 is 4.87. The number of benzene rings is 1. The van der Waals surface area contributed by atoms with Crippen LogP contribution in [0.4, 0.5) is 5.69 Å². The van der Waals surface area contributed by atoms with Gasteiger partial charge in [-0.25, -0.2) is 0 Å². The largest absolute Gasteiger partial charge is 0.870 e. The summed E-state index contributed by atoms with van der Waals surface area (Å²) in [6.45, 7) is 2.48. The Balaban J connectivity index is 2.98. The average molecular weight is 297 g/mol. The number of thiocarbonyl (C=S) groups is 1. The third-order valence-corrected chi connectivity index (χ3v) is 2.44. The van der Waals surface area contributed by atoms with Gasteiger partial charge in [0.25, 0.3) is 5.69 Å². The summed E-state index contributed by atoms with van der Waals surface area (Å²) in [7, 11) is 1.26. The second kappa shape index (κ2) is 7.24. The highest BCUT2D eigenvalue weighted by Crippen LogP contribution is 2.31. The van der Waals surface area contributed by atoms with Gasteiger partial charge in [0, 0.05) is 12.6 Å². The highest BCUT2D eigenvalue weighted by Gasteiger charge is 2.11. The first-order valence-electron chi connectivity index (χ1n) is 5.60. The number of nitrogens with one attached hydrogen (secondary N) is 2. The van der Waals surface area contributed by atoms with Gasteiger partial charge >= 0.3 is 0 Å². The third-order valence-electron chi connectivity index (χ3n) is 2.21. The van der Waals surface area contributed by atoms with Crippen LogP contribution in [0.25, 0.3) is 0 Å². The van der Waals surface area contributed by atoms with E-state index in [-0.39, 0.29) is 22.1 Å². The van der Waals surface area contributed by atoms with E-state index in [0.29, 0.717) is 6.54 Å². The van der Waals surface area contributed by atoms with Crippen LogP contribution in [0, 0.1) is 10.1 Å².